The Kier molecular flexibility index (Phi) is 218. The summed E-state index contributed by atoms with van der Waals surface area (Å²) in [6.07, 6.45) is 0. The summed E-state index contributed by atoms with van der Waals surface area (Å²) in [5.41, 5.74) is 0. The van der Waals surface area contributed by atoms with E-state index in [4.69, 9.17) is 5.11 Å². The van der Waals surface area contributed by atoms with Crippen molar-refractivity contribution in [2.45, 2.75) is 13.8 Å². The molecule has 0 radical (unpaired) electrons. The van der Waals surface area contributed by atoms with Crippen LogP contribution in [0.25, 0.3) is 0 Å². The fourth-order valence-corrected chi connectivity index (χ4v) is 0. The Hall–Kier alpha value is 1.02. The summed E-state index contributed by atoms with van der Waals surface area (Å²) in [6.45, 7) is 6.93. The molecule has 0 aromatic heterocycles. The Bertz CT molecular complexity index is 11.7. The number of hydrogen-bond acceptors (Lipinski definition) is 1. The predicted molar refractivity (Wildman–Crippen MR) is 36.8 cm³/mol. The van der Waals surface area contributed by atoms with Crippen LogP contribution in [0.5, 0.6) is 0 Å². The molecule has 0 aliphatic carbocycles. The molecule has 0 aliphatic rings. The van der Waals surface area contributed by atoms with Gasteiger partial charge in [0.15, 0.2) is 0 Å². The minimum absolute atomic E-state index is 0. The quantitative estimate of drug-likeness (QED) is 0.387. The van der Waals surface area contributed by atoms with Gasteiger partial charge in [0, 0.05) is 6.61 Å². The van der Waals surface area contributed by atoms with Crippen molar-refractivity contribution in [2.75, 3.05) is 6.61 Å². The average molecular weight is 136 g/mol. The molecule has 0 heterocycles. The minimum Gasteiger partial charge on any atom is -0.397 e. The van der Waals surface area contributed by atoms with Crippen LogP contribution in [0.4, 0.5) is 0 Å². The monoisotopic (exact) mass is 135 g/mol. The van der Waals surface area contributed by atoms with Gasteiger partial charge in [-0.05, 0) is 6.92 Å². The molecule has 0 fully saturated rings. The largest absolute Gasteiger partial charge is 2.00 e. The van der Waals surface area contributed by atoms with Crippen molar-refractivity contribution < 1.29 is 5.11 Å². The van der Waals surface area contributed by atoms with Gasteiger partial charge in [-0.25, -0.2) is 0 Å². The van der Waals surface area contributed by atoms with Crippen molar-refractivity contribution in [2.24, 2.45) is 0 Å². The Balaban J connectivity index is -0.0000000105. The molecule has 7 heavy (non-hydrogen) atoms. The van der Waals surface area contributed by atoms with Crippen LogP contribution < -0.4 is 0 Å². The average Bonchev–Trinajstić information content (AvgIpc) is 1.46. The number of rotatable bonds is 0. The summed E-state index contributed by atoms with van der Waals surface area (Å²) >= 11 is 0. The molecule has 0 aliphatic heterocycles. The van der Waals surface area contributed by atoms with Crippen LogP contribution in [0.3, 0.4) is 0 Å². The second kappa shape index (κ2) is 62.5. The van der Waals surface area contributed by atoms with E-state index in [9.17, 15) is 0 Å². The molecule has 0 spiro atoms. The third-order valence-electron chi connectivity index (χ3n) is 0. The smallest absolute Gasteiger partial charge is 0.397 e. The summed E-state index contributed by atoms with van der Waals surface area (Å²) in [6, 6.07) is 0. The van der Waals surface area contributed by atoms with E-state index < -0.39 is 0 Å². The molecule has 42 valence electrons. The zero-order valence-electron chi connectivity index (χ0n) is 4.98. The molecule has 0 amide bonds. The third-order valence-corrected chi connectivity index (χ3v) is 0. The maximum absolute atomic E-state index is 7.57. The molecule has 0 saturated carbocycles. The van der Waals surface area contributed by atoms with Gasteiger partial charge in [0.25, 0.3) is 0 Å². The van der Waals surface area contributed by atoms with E-state index in [0.29, 0.717) is 0 Å². The zero-order chi connectivity index (χ0) is 4.71. The first-order valence-corrected chi connectivity index (χ1v) is 1.73. The van der Waals surface area contributed by atoms with Crippen LogP contribution in [0, 0.1) is 6.92 Å². The third kappa shape index (κ3) is 171. The van der Waals surface area contributed by atoms with Crippen LogP contribution in [-0.4, -0.2) is 34.8 Å². The number of aliphatic hydroxyl groups excluding tert-OH is 1. The van der Waals surface area contributed by atoms with E-state index in [1.54, 1.807) is 13.8 Å². The molecule has 0 saturated heterocycles. The van der Waals surface area contributed by atoms with Gasteiger partial charge in [-0.15, -0.1) is 12.4 Å². The maximum atomic E-state index is 7.57. The van der Waals surface area contributed by atoms with Gasteiger partial charge in [0.2, 0.25) is 0 Å². The summed E-state index contributed by atoms with van der Waals surface area (Å²) in [4.78, 5) is 0. The second-order valence-corrected chi connectivity index (χ2v) is 0.316. The van der Waals surface area contributed by atoms with Crippen molar-refractivity contribution >= 4 is 35.5 Å². The van der Waals surface area contributed by atoms with Gasteiger partial charge in [0.1, 0.15) is 0 Å². The van der Waals surface area contributed by atoms with E-state index >= 15 is 0 Å². The Labute approximate surface area is 68.1 Å². The fourth-order valence-electron chi connectivity index (χ4n) is 0. The van der Waals surface area contributed by atoms with E-state index in [1.165, 1.54) is 0 Å². The topological polar surface area (TPSA) is 20.2 Å². The molecule has 0 atom stereocenters. The van der Waals surface area contributed by atoms with Gasteiger partial charge >= 0.3 is 23.1 Å². The SMILES string of the molecule is CCO.Cl.[CH2-]C.[Mg+2]. The van der Waals surface area contributed by atoms with Crippen LogP contribution >= 0.6 is 12.4 Å². The number of aliphatic hydroxyl groups is 1. The van der Waals surface area contributed by atoms with Crippen LogP contribution in [0.15, 0.2) is 0 Å². The first-order chi connectivity index (χ1) is 2.41. The number of hydrogen-bond donors (Lipinski definition) is 1. The molecule has 1 N–H and O–H groups in total. The second-order valence-electron chi connectivity index (χ2n) is 0.316. The molecule has 0 bridgehead atoms. The molecular weight excluding hydrogens is 124 g/mol. The maximum Gasteiger partial charge on any atom is 2.00 e. The Morgan fingerprint density at radius 1 is 1.43 bits per heavy atom. The normalized spacial score (nSPS) is 3.43. The standard InChI is InChI=1S/C2H6O.C2H5.ClH.Mg/c1-2-3;1-2;;/h3H,2H2,1H3;1H2,2H3;1H;/q;-1;;+2. The van der Waals surface area contributed by atoms with Gasteiger partial charge in [-0.1, -0.05) is 0 Å². The first-order valence-electron chi connectivity index (χ1n) is 1.73. The van der Waals surface area contributed by atoms with E-state index in [-0.39, 0.29) is 42.1 Å². The number of halogens is 1. The van der Waals surface area contributed by atoms with Crippen molar-refractivity contribution in [1.29, 1.82) is 0 Å². The molecule has 3 heteroatoms. The molecular formula is C4H12ClMgO+. The molecule has 0 aromatic rings. The van der Waals surface area contributed by atoms with Crippen molar-refractivity contribution in [3.05, 3.63) is 6.92 Å². The van der Waals surface area contributed by atoms with Crippen LogP contribution in [0.1, 0.15) is 13.8 Å². The van der Waals surface area contributed by atoms with Gasteiger partial charge in [-0.2, -0.15) is 6.92 Å². The van der Waals surface area contributed by atoms with Crippen LogP contribution in [0.2, 0.25) is 0 Å². The van der Waals surface area contributed by atoms with Gasteiger partial charge in [0.05, 0.1) is 0 Å². The summed E-state index contributed by atoms with van der Waals surface area (Å²) in [5.74, 6) is 0. The van der Waals surface area contributed by atoms with Crippen molar-refractivity contribution in [3.63, 3.8) is 0 Å². The van der Waals surface area contributed by atoms with Crippen molar-refractivity contribution in [3.8, 4) is 0 Å². The van der Waals surface area contributed by atoms with E-state index in [0.717, 1.165) is 0 Å². The molecule has 0 rings (SSSR count). The fraction of sp³-hybridized carbons (Fsp3) is 0.750. The molecule has 1 nitrogen and oxygen atoms in total. The predicted octanol–water partition coefficient (Wildman–Crippen LogP) is 0.880. The van der Waals surface area contributed by atoms with Crippen LogP contribution in [-0.2, 0) is 0 Å². The van der Waals surface area contributed by atoms with E-state index in [1.807, 2.05) is 0 Å². The molecule has 0 aromatic carbocycles. The van der Waals surface area contributed by atoms with E-state index in [2.05, 4.69) is 6.92 Å². The van der Waals surface area contributed by atoms with Crippen molar-refractivity contribution in [1.82, 2.24) is 0 Å². The minimum atomic E-state index is 0. The Morgan fingerprint density at radius 3 is 1.43 bits per heavy atom. The van der Waals surface area contributed by atoms with Gasteiger partial charge < -0.3 is 12.0 Å². The summed E-state index contributed by atoms with van der Waals surface area (Å²) < 4.78 is 0. The molecule has 0 unspecified atom stereocenters. The first kappa shape index (κ1) is 24.5. The summed E-state index contributed by atoms with van der Waals surface area (Å²) in [7, 11) is 0. The summed E-state index contributed by atoms with van der Waals surface area (Å²) in [5, 5.41) is 7.57. The zero-order valence-corrected chi connectivity index (χ0v) is 7.21. The van der Waals surface area contributed by atoms with Gasteiger partial charge in [-0.3, -0.25) is 0 Å². The Morgan fingerprint density at radius 2 is 1.43 bits per heavy atom.